The van der Waals surface area contributed by atoms with Crippen LogP contribution in [0, 0.1) is 0 Å². The highest BCUT2D eigenvalue weighted by atomic mass is 79.9. The fraction of sp³-hybridized carbons (Fsp3) is 0.400. The Morgan fingerprint density at radius 1 is 1.50 bits per heavy atom. The fourth-order valence-electron chi connectivity index (χ4n) is 1.81. The molecule has 0 bridgehead atoms. The Kier molecular flexibility index (Phi) is 2.18. The van der Waals surface area contributed by atoms with Crippen molar-refractivity contribution in [3.8, 4) is 0 Å². The Balaban J connectivity index is 2.56. The zero-order valence-corrected chi connectivity index (χ0v) is 9.24. The molecule has 0 saturated carbocycles. The normalized spacial score (nSPS) is 21.1. The van der Waals surface area contributed by atoms with Gasteiger partial charge in [-0.15, -0.1) is 0 Å². The molecule has 0 amide bonds. The smallest absolute Gasteiger partial charge is 0.0551 e. The SMILES string of the molecule is CC1CCc2cc(Cl)c(Br)cc21. The van der Waals surface area contributed by atoms with Gasteiger partial charge in [-0.25, -0.2) is 0 Å². The summed E-state index contributed by atoms with van der Waals surface area (Å²) >= 11 is 9.44. The average molecular weight is 246 g/mol. The molecule has 2 heteroatoms. The Hall–Kier alpha value is -0.0100. The quantitative estimate of drug-likeness (QED) is 0.644. The van der Waals surface area contributed by atoms with Crippen molar-refractivity contribution in [1.82, 2.24) is 0 Å². The van der Waals surface area contributed by atoms with Gasteiger partial charge in [-0.05, 0) is 57.9 Å². The highest BCUT2D eigenvalue weighted by molar-refractivity contribution is 9.10. The molecule has 12 heavy (non-hydrogen) atoms. The second-order valence-corrected chi connectivity index (χ2v) is 4.67. The van der Waals surface area contributed by atoms with E-state index in [0.29, 0.717) is 5.92 Å². The Labute approximate surface area is 86.1 Å². The van der Waals surface area contributed by atoms with Gasteiger partial charge in [0.15, 0.2) is 0 Å². The van der Waals surface area contributed by atoms with Crippen molar-refractivity contribution in [2.45, 2.75) is 25.7 Å². The van der Waals surface area contributed by atoms with Gasteiger partial charge in [-0.2, -0.15) is 0 Å². The molecule has 1 atom stereocenters. The molecule has 0 N–H and O–H groups in total. The summed E-state index contributed by atoms with van der Waals surface area (Å²) in [5, 5.41) is 0.836. The van der Waals surface area contributed by atoms with E-state index in [1.165, 1.54) is 24.0 Å². The maximum Gasteiger partial charge on any atom is 0.0551 e. The first-order valence-corrected chi connectivity index (χ1v) is 5.33. The summed E-state index contributed by atoms with van der Waals surface area (Å²) in [6.45, 7) is 2.27. The largest absolute Gasteiger partial charge is 0.0831 e. The van der Waals surface area contributed by atoms with Crippen molar-refractivity contribution in [3.05, 3.63) is 32.8 Å². The molecule has 64 valence electrons. The maximum atomic E-state index is 5.99. The van der Waals surface area contributed by atoms with Gasteiger partial charge in [0.1, 0.15) is 0 Å². The van der Waals surface area contributed by atoms with E-state index in [0.717, 1.165) is 9.50 Å². The summed E-state index contributed by atoms with van der Waals surface area (Å²) in [5.41, 5.74) is 2.89. The lowest BCUT2D eigenvalue weighted by Crippen LogP contribution is -1.86. The van der Waals surface area contributed by atoms with E-state index in [9.17, 15) is 0 Å². The van der Waals surface area contributed by atoms with Crippen LogP contribution in [0.4, 0.5) is 0 Å². The second kappa shape index (κ2) is 3.04. The summed E-state index contributed by atoms with van der Waals surface area (Å²) in [5.74, 6) is 0.702. The Morgan fingerprint density at radius 2 is 2.25 bits per heavy atom. The molecule has 0 radical (unpaired) electrons. The molecule has 0 heterocycles. The van der Waals surface area contributed by atoms with E-state index >= 15 is 0 Å². The summed E-state index contributed by atoms with van der Waals surface area (Å²) in [4.78, 5) is 0. The molecule has 0 nitrogen and oxygen atoms in total. The van der Waals surface area contributed by atoms with Crippen LogP contribution in [0.1, 0.15) is 30.4 Å². The Bertz CT molecular complexity index is 320. The van der Waals surface area contributed by atoms with Crippen LogP contribution in [0.5, 0.6) is 0 Å². The number of hydrogen-bond donors (Lipinski definition) is 0. The standard InChI is InChI=1S/C10H10BrCl/c1-6-2-3-7-4-10(12)9(11)5-8(6)7/h4-6H,2-3H2,1H3. The maximum absolute atomic E-state index is 5.99. The minimum Gasteiger partial charge on any atom is -0.0831 e. The van der Waals surface area contributed by atoms with Crippen LogP contribution < -0.4 is 0 Å². The van der Waals surface area contributed by atoms with Gasteiger partial charge >= 0.3 is 0 Å². The molecule has 0 fully saturated rings. The molecule has 1 aromatic carbocycles. The lowest BCUT2D eigenvalue weighted by molar-refractivity contribution is 0.747. The molecule has 0 aliphatic heterocycles. The highest BCUT2D eigenvalue weighted by Gasteiger charge is 2.19. The first-order chi connectivity index (χ1) is 5.68. The number of rotatable bonds is 0. The first-order valence-electron chi connectivity index (χ1n) is 4.16. The van der Waals surface area contributed by atoms with E-state index in [1.54, 1.807) is 0 Å². The highest BCUT2D eigenvalue weighted by Crippen LogP contribution is 2.37. The summed E-state index contributed by atoms with van der Waals surface area (Å²) in [6.07, 6.45) is 2.45. The molecular formula is C10H10BrCl. The molecule has 0 aromatic heterocycles. The Morgan fingerprint density at radius 3 is 3.00 bits per heavy atom. The minimum absolute atomic E-state index is 0.702. The third-order valence-electron chi connectivity index (χ3n) is 2.56. The molecule has 0 saturated heterocycles. The second-order valence-electron chi connectivity index (χ2n) is 3.40. The van der Waals surface area contributed by atoms with Crippen LogP contribution >= 0.6 is 27.5 Å². The van der Waals surface area contributed by atoms with Crippen molar-refractivity contribution < 1.29 is 0 Å². The van der Waals surface area contributed by atoms with Crippen LogP contribution in [0.2, 0.25) is 5.02 Å². The van der Waals surface area contributed by atoms with Crippen molar-refractivity contribution >= 4 is 27.5 Å². The zero-order valence-electron chi connectivity index (χ0n) is 6.90. The van der Waals surface area contributed by atoms with Gasteiger partial charge in [0.2, 0.25) is 0 Å². The van der Waals surface area contributed by atoms with Gasteiger partial charge < -0.3 is 0 Å². The van der Waals surface area contributed by atoms with Gasteiger partial charge in [0.05, 0.1) is 5.02 Å². The molecule has 1 aromatic rings. The monoisotopic (exact) mass is 244 g/mol. The number of hydrogen-bond acceptors (Lipinski definition) is 0. The van der Waals surface area contributed by atoms with Gasteiger partial charge in [-0.1, -0.05) is 18.5 Å². The molecule has 1 aliphatic carbocycles. The van der Waals surface area contributed by atoms with Gasteiger partial charge in [0, 0.05) is 4.47 Å². The van der Waals surface area contributed by atoms with E-state index in [1.807, 2.05) is 0 Å². The number of halogens is 2. The minimum atomic E-state index is 0.702. The third-order valence-corrected chi connectivity index (χ3v) is 3.76. The van der Waals surface area contributed by atoms with Crippen molar-refractivity contribution in [2.75, 3.05) is 0 Å². The average Bonchev–Trinajstić information content (AvgIpc) is 2.35. The van der Waals surface area contributed by atoms with Crippen LogP contribution in [0.15, 0.2) is 16.6 Å². The molecular weight excluding hydrogens is 235 g/mol. The molecule has 0 spiro atoms. The summed E-state index contributed by atoms with van der Waals surface area (Å²) < 4.78 is 1.02. The number of fused-ring (bicyclic) bond motifs is 1. The number of aryl methyl sites for hydroxylation is 1. The molecule has 1 unspecified atom stereocenters. The topological polar surface area (TPSA) is 0 Å². The van der Waals surface area contributed by atoms with Crippen molar-refractivity contribution in [2.24, 2.45) is 0 Å². The molecule has 2 rings (SSSR count). The lowest BCUT2D eigenvalue weighted by Gasteiger charge is -2.05. The fourth-order valence-corrected chi connectivity index (χ4v) is 2.35. The van der Waals surface area contributed by atoms with Crippen LogP contribution in [0.25, 0.3) is 0 Å². The van der Waals surface area contributed by atoms with E-state index < -0.39 is 0 Å². The van der Waals surface area contributed by atoms with E-state index in [4.69, 9.17) is 11.6 Å². The predicted octanol–water partition coefficient (Wildman–Crippen LogP) is 4.15. The van der Waals surface area contributed by atoms with Gasteiger partial charge in [0.25, 0.3) is 0 Å². The summed E-state index contributed by atoms with van der Waals surface area (Å²) in [7, 11) is 0. The van der Waals surface area contributed by atoms with Crippen LogP contribution in [-0.4, -0.2) is 0 Å². The van der Waals surface area contributed by atoms with E-state index in [-0.39, 0.29) is 0 Å². The van der Waals surface area contributed by atoms with Crippen LogP contribution in [-0.2, 0) is 6.42 Å². The van der Waals surface area contributed by atoms with E-state index in [2.05, 4.69) is 35.0 Å². The summed E-state index contributed by atoms with van der Waals surface area (Å²) in [6, 6.07) is 4.25. The number of benzene rings is 1. The third kappa shape index (κ3) is 1.29. The van der Waals surface area contributed by atoms with Crippen molar-refractivity contribution in [3.63, 3.8) is 0 Å². The zero-order chi connectivity index (χ0) is 8.72. The van der Waals surface area contributed by atoms with Crippen molar-refractivity contribution in [1.29, 1.82) is 0 Å². The lowest BCUT2D eigenvalue weighted by atomic mass is 10.0. The molecule has 1 aliphatic rings. The predicted molar refractivity (Wildman–Crippen MR) is 55.9 cm³/mol. The first kappa shape index (κ1) is 8.58. The van der Waals surface area contributed by atoms with Gasteiger partial charge in [-0.3, -0.25) is 0 Å². The van der Waals surface area contributed by atoms with Crippen LogP contribution in [0.3, 0.4) is 0 Å².